The molecule has 0 spiro atoms. The lowest BCUT2D eigenvalue weighted by Crippen LogP contribution is -2.15. The second kappa shape index (κ2) is 10.8. The van der Waals surface area contributed by atoms with Gasteiger partial charge in [-0.25, -0.2) is 4.98 Å². The molecule has 4 rings (SSSR count). The van der Waals surface area contributed by atoms with Crippen LogP contribution in [0.2, 0.25) is 5.02 Å². The van der Waals surface area contributed by atoms with E-state index in [1.807, 2.05) is 37.3 Å². The van der Waals surface area contributed by atoms with Crippen LogP contribution in [0, 0.1) is 0 Å². The highest BCUT2D eigenvalue weighted by molar-refractivity contribution is 6.31. The molecule has 0 unspecified atom stereocenters. The second-order valence-corrected chi connectivity index (χ2v) is 7.95. The van der Waals surface area contributed by atoms with Gasteiger partial charge in [-0.05, 0) is 49.4 Å². The topological polar surface area (TPSA) is 81.4 Å². The number of aromatic nitrogens is 1. The third-order valence-corrected chi connectivity index (χ3v) is 5.34. The quantitative estimate of drug-likeness (QED) is 0.292. The molecule has 34 heavy (non-hydrogen) atoms. The van der Waals surface area contributed by atoms with E-state index >= 15 is 0 Å². The van der Waals surface area contributed by atoms with E-state index in [0.29, 0.717) is 46.5 Å². The highest BCUT2D eigenvalue weighted by Gasteiger charge is 2.17. The maximum atomic E-state index is 12.9. The van der Waals surface area contributed by atoms with E-state index in [0.717, 1.165) is 11.3 Å². The fraction of sp³-hybridized carbons (Fsp3) is 0.148. The molecule has 0 fully saturated rings. The lowest BCUT2D eigenvalue weighted by atomic mass is 10.0. The van der Waals surface area contributed by atoms with Crippen molar-refractivity contribution in [2.24, 2.45) is 0 Å². The van der Waals surface area contributed by atoms with Crippen LogP contribution < -0.4 is 10.1 Å². The van der Waals surface area contributed by atoms with Gasteiger partial charge >= 0.3 is 0 Å². The van der Waals surface area contributed by atoms with Crippen LogP contribution in [0.3, 0.4) is 0 Å². The first kappa shape index (κ1) is 23.3. The van der Waals surface area contributed by atoms with Crippen LogP contribution in [-0.4, -0.2) is 23.3 Å². The number of ether oxygens (including phenoxy) is 1. The van der Waals surface area contributed by atoms with Crippen LogP contribution in [0.5, 0.6) is 5.75 Å². The second-order valence-electron chi connectivity index (χ2n) is 7.51. The Morgan fingerprint density at radius 2 is 1.79 bits per heavy atom. The van der Waals surface area contributed by atoms with Crippen LogP contribution >= 0.6 is 11.6 Å². The molecular formula is C27H23ClN2O4. The summed E-state index contributed by atoms with van der Waals surface area (Å²) in [5.74, 6) is 1.38. The number of rotatable bonds is 9. The molecule has 7 heteroatoms. The first-order valence-corrected chi connectivity index (χ1v) is 11.3. The molecule has 0 atom stereocenters. The number of ketones is 1. The standard InChI is InChI=1S/C27H23ClN2O4/c1-2-33-21-11-8-18(9-12-21)24-17-29-26(34-24)15-14-25(31)30-23-13-10-20(28)16-22(23)27(32)19-6-4-3-5-7-19/h3-13,16-17H,2,14-15H2,1H3,(H,30,31). The maximum Gasteiger partial charge on any atom is 0.224 e. The molecule has 0 aliphatic heterocycles. The number of benzene rings is 3. The summed E-state index contributed by atoms with van der Waals surface area (Å²) < 4.78 is 11.3. The van der Waals surface area contributed by atoms with Crippen molar-refractivity contribution in [3.63, 3.8) is 0 Å². The molecule has 6 nitrogen and oxygen atoms in total. The number of hydrogen-bond acceptors (Lipinski definition) is 5. The summed E-state index contributed by atoms with van der Waals surface area (Å²) in [6.07, 6.45) is 2.10. The number of nitrogens with zero attached hydrogens (tertiary/aromatic N) is 1. The average molecular weight is 475 g/mol. The summed E-state index contributed by atoms with van der Waals surface area (Å²) in [5, 5.41) is 3.23. The van der Waals surface area contributed by atoms with E-state index in [1.165, 1.54) is 0 Å². The molecular weight excluding hydrogens is 452 g/mol. The van der Waals surface area contributed by atoms with Gasteiger partial charge in [0.2, 0.25) is 5.91 Å². The van der Waals surface area contributed by atoms with Crippen molar-refractivity contribution in [2.75, 3.05) is 11.9 Å². The van der Waals surface area contributed by atoms with Crippen LogP contribution in [0.15, 0.2) is 83.4 Å². The van der Waals surface area contributed by atoms with Gasteiger partial charge in [0.05, 0.1) is 18.5 Å². The molecule has 0 radical (unpaired) electrons. The molecule has 4 aromatic rings. The van der Waals surface area contributed by atoms with Crippen LogP contribution in [0.25, 0.3) is 11.3 Å². The van der Waals surface area contributed by atoms with Gasteiger partial charge in [-0.15, -0.1) is 0 Å². The zero-order valence-corrected chi connectivity index (χ0v) is 19.3. The third-order valence-electron chi connectivity index (χ3n) is 5.11. The monoisotopic (exact) mass is 474 g/mol. The molecule has 1 N–H and O–H groups in total. The minimum absolute atomic E-state index is 0.144. The van der Waals surface area contributed by atoms with E-state index < -0.39 is 0 Å². The number of carbonyl (C=O) groups excluding carboxylic acids is 2. The highest BCUT2D eigenvalue weighted by atomic mass is 35.5. The number of carbonyl (C=O) groups is 2. The number of aryl methyl sites for hydroxylation is 1. The Bertz CT molecular complexity index is 1280. The van der Waals surface area contributed by atoms with E-state index in [2.05, 4.69) is 10.3 Å². The zero-order valence-electron chi connectivity index (χ0n) is 18.6. The first-order valence-electron chi connectivity index (χ1n) is 10.9. The Labute approximate surface area is 202 Å². The predicted octanol–water partition coefficient (Wildman–Crippen LogP) is 6.20. The smallest absolute Gasteiger partial charge is 0.224 e. The molecule has 1 amide bonds. The SMILES string of the molecule is CCOc1ccc(-c2cnc(CCC(=O)Nc3ccc(Cl)cc3C(=O)c3ccccc3)o2)cc1. The van der Waals surface area contributed by atoms with Gasteiger partial charge in [-0.1, -0.05) is 41.9 Å². The molecule has 1 heterocycles. The number of oxazole rings is 1. The van der Waals surface area contributed by atoms with Crippen LogP contribution in [-0.2, 0) is 11.2 Å². The van der Waals surface area contributed by atoms with Gasteiger partial charge in [0.25, 0.3) is 0 Å². The van der Waals surface area contributed by atoms with Crippen molar-refractivity contribution in [3.05, 3.63) is 101 Å². The number of nitrogens with one attached hydrogen (secondary N) is 1. The van der Waals surface area contributed by atoms with E-state index in [1.54, 1.807) is 48.7 Å². The summed E-state index contributed by atoms with van der Waals surface area (Å²) in [7, 11) is 0. The molecule has 0 saturated carbocycles. The Kier molecular flexibility index (Phi) is 7.40. The molecule has 0 bridgehead atoms. The number of anilines is 1. The maximum absolute atomic E-state index is 12.9. The molecule has 0 saturated heterocycles. The van der Waals surface area contributed by atoms with Crippen molar-refractivity contribution >= 4 is 29.0 Å². The van der Waals surface area contributed by atoms with Crippen molar-refractivity contribution in [3.8, 4) is 17.1 Å². The fourth-order valence-electron chi connectivity index (χ4n) is 3.43. The van der Waals surface area contributed by atoms with Crippen molar-refractivity contribution in [2.45, 2.75) is 19.8 Å². The zero-order chi connectivity index (χ0) is 23.9. The molecule has 1 aromatic heterocycles. The number of halogens is 1. The Morgan fingerprint density at radius 1 is 1.03 bits per heavy atom. The summed E-state index contributed by atoms with van der Waals surface area (Å²) >= 11 is 6.11. The van der Waals surface area contributed by atoms with E-state index in [9.17, 15) is 9.59 Å². The minimum atomic E-state index is -0.259. The normalized spacial score (nSPS) is 10.6. The van der Waals surface area contributed by atoms with Crippen molar-refractivity contribution in [1.29, 1.82) is 0 Å². The Morgan fingerprint density at radius 3 is 2.53 bits per heavy atom. The molecule has 3 aromatic carbocycles. The minimum Gasteiger partial charge on any atom is -0.494 e. The third kappa shape index (κ3) is 5.71. The first-order chi connectivity index (χ1) is 16.5. The van der Waals surface area contributed by atoms with Gasteiger partial charge in [-0.2, -0.15) is 0 Å². The summed E-state index contributed by atoms with van der Waals surface area (Å²) in [4.78, 5) is 29.8. The van der Waals surface area contributed by atoms with Gasteiger partial charge in [0.1, 0.15) is 5.75 Å². The van der Waals surface area contributed by atoms with Gasteiger partial charge in [0, 0.05) is 34.6 Å². The fourth-order valence-corrected chi connectivity index (χ4v) is 3.61. The predicted molar refractivity (Wildman–Crippen MR) is 131 cm³/mol. The van der Waals surface area contributed by atoms with E-state index in [4.69, 9.17) is 20.8 Å². The van der Waals surface area contributed by atoms with Crippen molar-refractivity contribution in [1.82, 2.24) is 4.98 Å². The van der Waals surface area contributed by atoms with Gasteiger partial charge in [0.15, 0.2) is 17.4 Å². The summed E-state index contributed by atoms with van der Waals surface area (Å²) in [5.41, 5.74) is 2.13. The molecule has 172 valence electrons. The Balaban J connectivity index is 1.40. The molecule has 0 aliphatic rings. The average Bonchev–Trinajstić information content (AvgIpc) is 3.34. The lowest BCUT2D eigenvalue weighted by Gasteiger charge is -2.11. The lowest BCUT2D eigenvalue weighted by molar-refractivity contribution is -0.116. The summed E-state index contributed by atoms with van der Waals surface area (Å²) in [6, 6.07) is 21.2. The van der Waals surface area contributed by atoms with Crippen LogP contribution in [0.1, 0.15) is 35.2 Å². The van der Waals surface area contributed by atoms with Crippen LogP contribution in [0.4, 0.5) is 5.69 Å². The largest absolute Gasteiger partial charge is 0.494 e. The van der Waals surface area contributed by atoms with Crippen molar-refractivity contribution < 1.29 is 18.7 Å². The summed E-state index contributed by atoms with van der Waals surface area (Å²) in [6.45, 7) is 2.54. The number of hydrogen-bond donors (Lipinski definition) is 1. The van der Waals surface area contributed by atoms with Gasteiger partial charge in [-0.3, -0.25) is 9.59 Å². The number of amides is 1. The Hall–Kier alpha value is -3.90. The highest BCUT2D eigenvalue weighted by Crippen LogP contribution is 2.25. The van der Waals surface area contributed by atoms with E-state index in [-0.39, 0.29) is 18.1 Å². The van der Waals surface area contributed by atoms with Gasteiger partial charge < -0.3 is 14.5 Å². The molecule has 0 aliphatic carbocycles.